The lowest BCUT2D eigenvalue weighted by molar-refractivity contribution is 0.284. The third-order valence-corrected chi connectivity index (χ3v) is 3.36. The standard InChI is InChI=1S/C18H28O2/c1-4-6-7-8-9-10-14-20-17-13-12-16(11-5-2)15-18(17)19-3/h5,12-13,15H,2,4,6-11,14H2,1,3H3. The van der Waals surface area contributed by atoms with Crippen LogP contribution in [0.2, 0.25) is 0 Å². The molecule has 0 aromatic heterocycles. The van der Waals surface area contributed by atoms with Crippen LogP contribution < -0.4 is 9.47 Å². The van der Waals surface area contributed by atoms with Crippen molar-refractivity contribution in [1.82, 2.24) is 0 Å². The molecular formula is C18H28O2. The predicted molar refractivity (Wildman–Crippen MR) is 85.8 cm³/mol. The molecule has 0 radical (unpaired) electrons. The number of hydrogen-bond acceptors (Lipinski definition) is 2. The normalized spacial score (nSPS) is 10.3. The number of allylic oxidation sites excluding steroid dienone is 1. The van der Waals surface area contributed by atoms with E-state index in [0.717, 1.165) is 30.9 Å². The number of hydrogen-bond donors (Lipinski definition) is 0. The van der Waals surface area contributed by atoms with Gasteiger partial charge in [0.25, 0.3) is 0 Å². The molecule has 0 saturated heterocycles. The Balaban J connectivity index is 2.33. The van der Waals surface area contributed by atoms with Crippen molar-refractivity contribution in [3.05, 3.63) is 36.4 Å². The lowest BCUT2D eigenvalue weighted by Crippen LogP contribution is -2.00. The molecule has 112 valence electrons. The highest BCUT2D eigenvalue weighted by molar-refractivity contribution is 5.43. The fourth-order valence-corrected chi connectivity index (χ4v) is 2.19. The highest BCUT2D eigenvalue weighted by Crippen LogP contribution is 2.28. The van der Waals surface area contributed by atoms with E-state index in [0.29, 0.717) is 0 Å². The molecule has 0 spiro atoms. The molecule has 0 unspecified atom stereocenters. The van der Waals surface area contributed by atoms with Crippen molar-refractivity contribution in [3.8, 4) is 11.5 Å². The molecule has 1 aromatic rings. The summed E-state index contributed by atoms with van der Waals surface area (Å²) in [5.41, 5.74) is 1.20. The third-order valence-electron chi connectivity index (χ3n) is 3.36. The van der Waals surface area contributed by atoms with E-state index in [2.05, 4.69) is 19.6 Å². The van der Waals surface area contributed by atoms with E-state index < -0.39 is 0 Å². The van der Waals surface area contributed by atoms with Gasteiger partial charge in [0.05, 0.1) is 13.7 Å². The van der Waals surface area contributed by atoms with Crippen LogP contribution in [-0.2, 0) is 6.42 Å². The van der Waals surface area contributed by atoms with Gasteiger partial charge >= 0.3 is 0 Å². The Morgan fingerprint density at radius 1 is 1.05 bits per heavy atom. The van der Waals surface area contributed by atoms with Crippen LogP contribution in [0, 0.1) is 0 Å². The summed E-state index contributed by atoms with van der Waals surface area (Å²) in [5, 5.41) is 0. The van der Waals surface area contributed by atoms with Crippen molar-refractivity contribution < 1.29 is 9.47 Å². The molecule has 1 aromatic carbocycles. The van der Waals surface area contributed by atoms with Gasteiger partial charge in [0.1, 0.15) is 0 Å². The van der Waals surface area contributed by atoms with Gasteiger partial charge in [-0.3, -0.25) is 0 Å². The van der Waals surface area contributed by atoms with Gasteiger partial charge in [-0.25, -0.2) is 0 Å². The number of benzene rings is 1. The summed E-state index contributed by atoms with van der Waals surface area (Å²) in [5.74, 6) is 1.66. The first kappa shape index (κ1) is 16.6. The molecule has 0 amide bonds. The quantitative estimate of drug-likeness (QED) is 0.410. The smallest absolute Gasteiger partial charge is 0.161 e. The van der Waals surface area contributed by atoms with Gasteiger partial charge < -0.3 is 9.47 Å². The summed E-state index contributed by atoms with van der Waals surface area (Å²) in [4.78, 5) is 0. The van der Waals surface area contributed by atoms with Gasteiger partial charge in [0.2, 0.25) is 0 Å². The van der Waals surface area contributed by atoms with Gasteiger partial charge in [-0.1, -0.05) is 51.2 Å². The molecule has 20 heavy (non-hydrogen) atoms. The van der Waals surface area contributed by atoms with Crippen molar-refractivity contribution in [2.45, 2.75) is 51.9 Å². The van der Waals surface area contributed by atoms with Crippen molar-refractivity contribution in [2.24, 2.45) is 0 Å². The SMILES string of the molecule is C=CCc1ccc(OCCCCCCCC)c(OC)c1. The monoisotopic (exact) mass is 276 g/mol. The molecular weight excluding hydrogens is 248 g/mol. The maximum absolute atomic E-state index is 5.82. The lowest BCUT2D eigenvalue weighted by atomic mass is 10.1. The Morgan fingerprint density at radius 3 is 2.50 bits per heavy atom. The van der Waals surface area contributed by atoms with E-state index in [1.165, 1.54) is 37.7 Å². The first-order valence-corrected chi connectivity index (χ1v) is 7.72. The van der Waals surface area contributed by atoms with E-state index in [-0.39, 0.29) is 0 Å². The molecule has 0 N–H and O–H groups in total. The minimum Gasteiger partial charge on any atom is -0.493 e. The summed E-state index contributed by atoms with van der Waals surface area (Å²) in [7, 11) is 1.69. The lowest BCUT2D eigenvalue weighted by Gasteiger charge is -2.11. The number of methoxy groups -OCH3 is 1. The van der Waals surface area contributed by atoms with Gasteiger partial charge in [-0.05, 0) is 30.5 Å². The Morgan fingerprint density at radius 2 is 1.80 bits per heavy atom. The molecule has 2 nitrogen and oxygen atoms in total. The Kier molecular flexibility index (Phi) is 8.61. The molecule has 1 rings (SSSR count). The molecule has 0 saturated carbocycles. The summed E-state index contributed by atoms with van der Waals surface area (Å²) >= 11 is 0. The second-order valence-corrected chi connectivity index (χ2v) is 5.09. The van der Waals surface area contributed by atoms with Crippen LogP contribution in [0.5, 0.6) is 11.5 Å². The molecule has 2 heteroatoms. The van der Waals surface area contributed by atoms with Crippen LogP contribution in [0.15, 0.2) is 30.9 Å². The van der Waals surface area contributed by atoms with Crippen molar-refractivity contribution in [2.75, 3.05) is 13.7 Å². The first-order valence-electron chi connectivity index (χ1n) is 7.72. The molecule has 0 bridgehead atoms. The zero-order valence-corrected chi connectivity index (χ0v) is 13.0. The van der Waals surface area contributed by atoms with Gasteiger partial charge in [0, 0.05) is 0 Å². The van der Waals surface area contributed by atoms with Crippen LogP contribution in [0.4, 0.5) is 0 Å². The van der Waals surface area contributed by atoms with E-state index >= 15 is 0 Å². The predicted octanol–water partition coefficient (Wildman–Crippen LogP) is 5.16. The van der Waals surface area contributed by atoms with E-state index in [4.69, 9.17) is 9.47 Å². The Hall–Kier alpha value is -1.44. The number of unbranched alkanes of at least 4 members (excludes halogenated alkanes) is 5. The summed E-state index contributed by atoms with van der Waals surface area (Å²) < 4.78 is 11.2. The Labute approximate surface area is 123 Å². The van der Waals surface area contributed by atoms with Crippen molar-refractivity contribution in [1.29, 1.82) is 0 Å². The largest absolute Gasteiger partial charge is 0.493 e. The fraction of sp³-hybridized carbons (Fsp3) is 0.556. The van der Waals surface area contributed by atoms with E-state index in [9.17, 15) is 0 Å². The highest BCUT2D eigenvalue weighted by atomic mass is 16.5. The highest BCUT2D eigenvalue weighted by Gasteiger charge is 2.05. The van der Waals surface area contributed by atoms with Gasteiger partial charge in [-0.15, -0.1) is 6.58 Å². The minimum atomic E-state index is 0.767. The van der Waals surface area contributed by atoms with E-state index in [1.54, 1.807) is 7.11 Å². The van der Waals surface area contributed by atoms with Crippen molar-refractivity contribution in [3.63, 3.8) is 0 Å². The zero-order chi connectivity index (χ0) is 14.6. The van der Waals surface area contributed by atoms with Crippen LogP contribution >= 0.6 is 0 Å². The number of ether oxygens (including phenoxy) is 2. The van der Waals surface area contributed by atoms with E-state index in [1.807, 2.05) is 18.2 Å². The number of rotatable bonds is 11. The maximum atomic E-state index is 5.82. The Bertz CT molecular complexity index is 385. The fourth-order valence-electron chi connectivity index (χ4n) is 2.19. The third kappa shape index (κ3) is 6.14. The molecule has 0 heterocycles. The zero-order valence-electron chi connectivity index (χ0n) is 13.0. The van der Waals surface area contributed by atoms with Crippen LogP contribution in [0.3, 0.4) is 0 Å². The van der Waals surface area contributed by atoms with Crippen LogP contribution in [-0.4, -0.2) is 13.7 Å². The molecule has 0 fully saturated rings. The topological polar surface area (TPSA) is 18.5 Å². The minimum absolute atomic E-state index is 0.767. The summed E-state index contributed by atoms with van der Waals surface area (Å²) in [6.07, 6.45) is 10.4. The maximum Gasteiger partial charge on any atom is 0.161 e. The second-order valence-electron chi connectivity index (χ2n) is 5.09. The summed E-state index contributed by atoms with van der Waals surface area (Å²) in [6, 6.07) is 6.09. The average Bonchev–Trinajstić information content (AvgIpc) is 2.47. The first-order chi connectivity index (χ1) is 9.81. The average molecular weight is 276 g/mol. The second kappa shape index (κ2) is 10.4. The van der Waals surface area contributed by atoms with Gasteiger partial charge in [0.15, 0.2) is 11.5 Å². The van der Waals surface area contributed by atoms with Gasteiger partial charge in [-0.2, -0.15) is 0 Å². The van der Waals surface area contributed by atoms with Crippen molar-refractivity contribution >= 4 is 0 Å². The summed E-state index contributed by atoms with van der Waals surface area (Å²) in [6.45, 7) is 6.76. The molecule has 0 aliphatic carbocycles. The molecule has 0 aliphatic rings. The molecule has 0 atom stereocenters. The molecule has 0 aliphatic heterocycles. The van der Waals surface area contributed by atoms with Crippen LogP contribution in [0.25, 0.3) is 0 Å². The van der Waals surface area contributed by atoms with Crippen LogP contribution in [0.1, 0.15) is 51.0 Å².